The highest BCUT2D eigenvalue weighted by Gasteiger charge is 2.16. The lowest BCUT2D eigenvalue weighted by atomic mass is 9.98. The summed E-state index contributed by atoms with van der Waals surface area (Å²) in [5, 5.41) is 4.83. The molecule has 0 aliphatic rings. The number of fused-ring (bicyclic) bond motifs is 2. The topological polar surface area (TPSA) is 47.3 Å². The van der Waals surface area contributed by atoms with Crippen molar-refractivity contribution in [3.63, 3.8) is 0 Å². The van der Waals surface area contributed by atoms with Gasteiger partial charge in [-0.25, -0.2) is 9.59 Å². The molecule has 3 aromatic carbocycles. The fourth-order valence-corrected chi connectivity index (χ4v) is 4.33. The first-order chi connectivity index (χ1) is 10.7. The lowest BCUT2D eigenvalue weighted by Crippen LogP contribution is -2.12. The summed E-state index contributed by atoms with van der Waals surface area (Å²) in [6, 6.07) is 15.6. The molecule has 4 heteroatoms. The third-order valence-corrected chi connectivity index (χ3v) is 5.28. The first-order valence-corrected chi connectivity index (χ1v) is 7.69. The van der Waals surface area contributed by atoms with Crippen LogP contribution in [0.25, 0.3) is 41.7 Å². The van der Waals surface area contributed by atoms with Crippen molar-refractivity contribution in [3.8, 4) is 0 Å². The van der Waals surface area contributed by atoms with Gasteiger partial charge < -0.3 is 4.42 Å². The van der Waals surface area contributed by atoms with Crippen LogP contribution < -0.4 is 11.3 Å². The van der Waals surface area contributed by atoms with E-state index in [1.54, 1.807) is 23.5 Å². The van der Waals surface area contributed by atoms with Gasteiger partial charge in [0.2, 0.25) is 0 Å². The zero-order chi connectivity index (χ0) is 14.8. The van der Waals surface area contributed by atoms with Crippen LogP contribution in [-0.2, 0) is 0 Å². The zero-order valence-electron chi connectivity index (χ0n) is 11.3. The summed E-state index contributed by atoms with van der Waals surface area (Å²) in [5.41, 5.74) is -1.13. The van der Waals surface area contributed by atoms with Crippen LogP contribution >= 0.6 is 11.3 Å². The lowest BCUT2D eigenvalue weighted by molar-refractivity contribution is 0.489. The Labute approximate surface area is 127 Å². The molecular weight excluding hydrogens is 296 g/mol. The molecule has 5 aromatic rings. The molecule has 0 N–H and O–H groups in total. The van der Waals surface area contributed by atoms with Gasteiger partial charge in [-0.1, -0.05) is 24.3 Å². The second-order valence-electron chi connectivity index (χ2n) is 5.30. The van der Waals surface area contributed by atoms with E-state index in [4.69, 9.17) is 4.42 Å². The molecule has 0 amide bonds. The van der Waals surface area contributed by atoms with Gasteiger partial charge in [0.1, 0.15) is 0 Å². The standard InChI is InChI=1S/C18H8O3S/c19-17-11-6-5-10-9-3-1-2-4-13(9)22-14-8-7-12(18(20)21-17)15(11)16(10)14/h1-8H. The smallest absolute Gasteiger partial charge is 0.346 e. The number of benzene rings is 3. The van der Waals surface area contributed by atoms with E-state index < -0.39 is 11.3 Å². The van der Waals surface area contributed by atoms with Crippen LogP contribution in [0, 0.1) is 0 Å². The molecule has 0 saturated heterocycles. The van der Waals surface area contributed by atoms with Crippen molar-refractivity contribution in [2.45, 2.75) is 0 Å². The van der Waals surface area contributed by atoms with Gasteiger partial charge in [-0.05, 0) is 35.0 Å². The zero-order valence-corrected chi connectivity index (χ0v) is 12.1. The van der Waals surface area contributed by atoms with Crippen LogP contribution in [0.1, 0.15) is 0 Å². The number of hydrogen-bond donors (Lipinski definition) is 0. The molecule has 22 heavy (non-hydrogen) atoms. The van der Waals surface area contributed by atoms with Crippen molar-refractivity contribution in [2.75, 3.05) is 0 Å². The minimum absolute atomic E-state index is 0.468. The minimum Gasteiger partial charge on any atom is -0.386 e. The van der Waals surface area contributed by atoms with Gasteiger partial charge in [-0.3, -0.25) is 0 Å². The van der Waals surface area contributed by atoms with Crippen molar-refractivity contribution in [3.05, 3.63) is 69.4 Å². The van der Waals surface area contributed by atoms with Crippen molar-refractivity contribution in [1.82, 2.24) is 0 Å². The predicted molar refractivity (Wildman–Crippen MR) is 90.3 cm³/mol. The molecule has 0 unspecified atom stereocenters. The summed E-state index contributed by atoms with van der Waals surface area (Å²) in [6.45, 7) is 0. The SMILES string of the molecule is O=c1oc(=O)c2ccc3c4ccccc4sc4ccc1c2c43. The quantitative estimate of drug-likeness (QED) is 0.319. The molecule has 2 aromatic heterocycles. The normalized spacial score (nSPS) is 12.0. The Morgan fingerprint density at radius 3 is 2.14 bits per heavy atom. The summed E-state index contributed by atoms with van der Waals surface area (Å²) >= 11 is 1.67. The Bertz CT molecular complexity index is 1280. The van der Waals surface area contributed by atoms with Crippen LogP contribution in [0.5, 0.6) is 0 Å². The lowest BCUT2D eigenvalue weighted by Gasteiger charge is -2.10. The van der Waals surface area contributed by atoms with E-state index in [0.717, 1.165) is 26.2 Å². The maximum Gasteiger partial charge on any atom is 0.346 e. The predicted octanol–water partition coefficient (Wildman–Crippen LogP) is 4.11. The summed E-state index contributed by atoms with van der Waals surface area (Å²) in [4.78, 5) is 24.0. The molecule has 0 bridgehead atoms. The molecular formula is C18H8O3S. The third-order valence-electron chi connectivity index (χ3n) is 4.14. The highest BCUT2D eigenvalue weighted by Crippen LogP contribution is 2.39. The Morgan fingerprint density at radius 2 is 1.32 bits per heavy atom. The maximum absolute atomic E-state index is 12.0. The fraction of sp³-hybridized carbons (Fsp3) is 0. The van der Waals surface area contributed by atoms with E-state index >= 15 is 0 Å². The highest BCUT2D eigenvalue weighted by molar-refractivity contribution is 7.25. The van der Waals surface area contributed by atoms with Gasteiger partial charge in [0.15, 0.2) is 0 Å². The Balaban J connectivity index is 2.27. The first-order valence-electron chi connectivity index (χ1n) is 6.87. The van der Waals surface area contributed by atoms with E-state index in [1.165, 1.54) is 4.70 Å². The molecule has 0 saturated carbocycles. The summed E-state index contributed by atoms with van der Waals surface area (Å²) in [5.74, 6) is 0. The number of hydrogen-bond acceptors (Lipinski definition) is 4. The number of rotatable bonds is 0. The van der Waals surface area contributed by atoms with Gasteiger partial charge >= 0.3 is 11.3 Å². The van der Waals surface area contributed by atoms with Crippen molar-refractivity contribution in [1.29, 1.82) is 0 Å². The van der Waals surface area contributed by atoms with E-state index in [0.29, 0.717) is 10.8 Å². The molecule has 0 fully saturated rings. The first kappa shape index (κ1) is 11.9. The van der Waals surface area contributed by atoms with Gasteiger partial charge in [-0.15, -0.1) is 11.3 Å². The van der Waals surface area contributed by atoms with Crippen LogP contribution in [0.15, 0.2) is 62.5 Å². The largest absolute Gasteiger partial charge is 0.386 e. The average Bonchev–Trinajstić information content (AvgIpc) is 2.54. The fourth-order valence-electron chi connectivity index (χ4n) is 3.20. The Morgan fingerprint density at radius 1 is 0.636 bits per heavy atom. The molecule has 3 nitrogen and oxygen atoms in total. The molecule has 0 aliphatic heterocycles. The van der Waals surface area contributed by atoms with Gasteiger partial charge in [0.25, 0.3) is 0 Å². The van der Waals surface area contributed by atoms with E-state index in [1.807, 2.05) is 24.3 Å². The van der Waals surface area contributed by atoms with Gasteiger partial charge in [-0.2, -0.15) is 0 Å². The Hall–Kier alpha value is -2.72. The van der Waals surface area contributed by atoms with Crippen LogP contribution in [-0.4, -0.2) is 0 Å². The summed E-state index contributed by atoms with van der Waals surface area (Å²) in [7, 11) is 0. The van der Waals surface area contributed by atoms with Crippen molar-refractivity contribution in [2.24, 2.45) is 0 Å². The molecule has 2 heterocycles. The summed E-state index contributed by atoms with van der Waals surface area (Å²) in [6.07, 6.45) is 0. The van der Waals surface area contributed by atoms with Gasteiger partial charge in [0.05, 0.1) is 10.8 Å². The monoisotopic (exact) mass is 304 g/mol. The molecule has 0 radical (unpaired) electrons. The second kappa shape index (κ2) is 3.93. The van der Waals surface area contributed by atoms with Crippen LogP contribution in [0.4, 0.5) is 0 Å². The molecule has 104 valence electrons. The van der Waals surface area contributed by atoms with Crippen LogP contribution in [0.3, 0.4) is 0 Å². The molecule has 5 rings (SSSR count). The average molecular weight is 304 g/mol. The second-order valence-corrected chi connectivity index (χ2v) is 6.38. The van der Waals surface area contributed by atoms with Gasteiger partial charge in [0, 0.05) is 20.2 Å². The minimum atomic E-state index is -0.565. The van der Waals surface area contributed by atoms with Crippen molar-refractivity contribution < 1.29 is 4.42 Å². The summed E-state index contributed by atoms with van der Waals surface area (Å²) < 4.78 is 7.07. The van der Waals surface area contributed by atoms with E-state index in [-0.39, 0.29) is 0 Å². The van der Waals surface area contributed by atoms with Crippen LogP contribution in [0.2, 0.25) is 0 Å². The van der Waals surface area contributed by atoms with E-state index in [2.05, 4.69) is 12.1 Å². The highest BCUT2D eigenvalue weighted by atomic mass is 32.1. The molecule has 0 atom stereocenters. The van der Waals surface area contributed by atoms with E-state index in [9.17, 15) is 9.59 Å². The molecule has 0 aliphatic carbocycles. The van der Waals surface area contributed by atoms with Crippen molar-refractivity contribution >= 4 is 53.1 Å². The Kier molecular flexibility index (Phi) is 2.12. The third kappa shape index (κ3) is 1.35. The molecule has 0 spiro atoms. The maximum atomic E-state index is 12.0.